The first-order valence-electron chi connectivity index (χ1n) is 9.43. The van der Waals surface area contributed by atoms with Crippen LogP contribution in [-0.4, -0.2) is 48.1 Å². The Labute approximate surface area is 162 Å². The van der Waals surface area contributed by atoms with E-state index < -0.39 is 0 Å². The maximum atomic E-state index is 5.56. The largest absolute Gasteiger partial charge is 0.467 e. The van der Waals surface area contributed by atoms with Crippen molar-refractivity contribution in [1.29, 1.82) is 0 Å². The Morgan fingerprint density at radius 2 is 2.04 bits per heavy atom. The number of nitrogens with zero attached hydrogens (tertiary/aromatic N) is 8. The third kappa shape index (κ3) is 4.15. The fourth-order valence-electron chi connectivity index (χ4n) is 3.25. The van der Waals surface area contributed by atoms with Crippen molar-refractivity contribution in [1.82, 2.24) is 35.0 Å². The van der Waals surface area contributed by atoms with E-state index in [1.165, 1.54) is 19.3 Å². The molecule has 0 aliphatic carbocycles. The van der Waals surface area contributed by atoms with Gasteiger partial charge in [0.1, 0.15) is 5.76 Å². The third-order valence-corrected chi connectivity index (χ3v) is 5.56. The third-order valence-electron chi connectivity index (χ3n) is 4.60. The van der Waals surface area contributed by atoms with Crippen LogP contribution >= 0.6 is 11.8 Å². The number of furan rings is 1. The molecule has 1 aliphatic rings. The number of aromatic nitrogens is 7. The van der Waals surface area contributed by atoms with Crippen molar-refractivity contribution in [3.63, 3.8) is 0 Å². The highest BCUT2D eigenvalue weighted by atomic mass is 32.2. The molecule has 3 aromatic heterocycles. The molecular formula is C17H24N8OS. The molecule has 0 bridgehead atoms. The number of rotatable bonds is 8. The molecule has 4 rings (SSSR count). The number of piperidine rings is 1. The first kappa shape index (κ1) is 18.0. The predicted octanol–water partition coefficient (Wildman–Crippen LogP) is 2.60. The van der Waals surface area contributed by atoms with Gasteiger partial charge in [0.05, 0.1) is 18.6 Å². The lowest BCUT2D eigenvalue weighted by atomic mass is 10.1. The molecular weight excluding hydrogens is 364 g/mol. The molecule has 0 saturated carbocycles. The summed E-state index contributed by atoms with van der Waals surface area (Å²) in [4.78, 5) is 2.32. The molecule has 3 aromatic rings. The van der Waals surface area contributed by atoms with E-state index in [-0.39, 0.29) is 0 Å². The minimum Gasteiger partial charge on any atom is -0.467 e. The number of aryl methyl sites for hydroxylation is 1. The molecule has 10 heteroatoms. The Hall–Kier alpha value is -2.36. The van der Waals surface area contributed by atoms with Crippen molar-refractivity contribution in [2.45, 2.75) is 56.6 Å². The summed E-state index contributed by atoms with van der Waals surface area (Å²) in [6.07, 6.45) is 6.37. The second kappa shape index (κ2) is 8.55. The lowest BCUT2D eigenvalue weighted by Crippen LogP contribution is -2.32. The number of anilines is 1. The van der Waals surface area contributed by atoms with E-state index in [1.54, 1.807) is 18.0 Å². The number of thioether (sulfide) groups is 1. The lowest BCUT2D eigenvalue weighted by Gasteiger charge is -2.27. The molecule has 4 heterocycles. The van der Waals surface area contributed by atoms with Crippen molar-refractivity contribution in [2.75, 3.05) is 18.0 Å². The average Bonchev–Trinajstić information content (AvgIpc) is 3.44. The highest BCUT2D eigenvalue weighted by Crippen LogP contribution is 2.27. The summed E-state index contributed by atoms with van der Waals surface area (Å²) in [5, 5.41) is 21.8. The molecule has 0 spiro atoms. The summed E-state index contributed by atoms with van der Waals surface area (Å²) in [6, 6.07) is 3.89. The van der Waals surface area contributed by atoms with E-state index >= 15 is 0 Å². The molecule has 0 aromatic carbocycles. The molecule has 0 amide bonds. The maximum Gasteiger partial charge on any atom is 0.228 e. The van der Waals surface area contributed by atoms with E-state index in [1.807, 2.05) is 16.8 Å². The zero-order chi connectivity index (χ0) is 18.5. The van der Waals surface area contributed by atoms with Crippen molar-refractivity contribution < 1.29 is 4.42 Å². The summed E-state index contributed by atoms with van der Waals surface area (Å²) in [6.45, 7) is 5.60. The van der Waals surface area contributed by atoms with Crippen molar-refractivity contribution in [3.8, 4) is 0 Å². The van der Waals surface area contributed by atoms with Crippen LogP contribution in [-0.2, 0) is 18.8 Å². The summed E-state index contributed by atoms with van der Waals surface area (Å²) in [7, 11) is 0. The quantitative estimate of drug-likeness (QED) is 0.544. The Morgan fingerprint density at radius 3 is 2.81 bits per heavy atom. The van der Waals surface area contributed by atoms with Crippen molar-refractivity contribution in [2.24, 2.45) is 0 Å². The fraction of sp³-hybridized carbons (Fsp3) is 0.588. The highest BCUT2D eigenvalue weighted by molar-refractivity contribution is 7.98. The van der Waals surface area contributed by atoms with E-state index in [2.05, 4.69) is 42.1 Å². The summed E-state index contributed by atoms with van der Waals surface area (Å²) >= 11 is 1.61. The van der Waals surface area contributed by atoms with Gasteiger partial charge < -0.3 is 9.32 Å². The molecule has 144 valence electrons. The van der Waals surface area contributed by atoms with Crippen LogP contribution in [0.25, 0.3) is 0 Å². The topological polar surface area (TPSA) is 90.7 Å². The second-order valence-corrected chi connectivity index (χ2v) is 7.55. The number of hydrogen-bond donors (Lipinski definition) is 0. The van der Waals surface area contributed by atoms with E-state index in [0.717, 1.165) is 48.7 Å². The Balaban J connectivity index is 1.55. The van der Waals surface area contributed by atoms with Gasteiger partial charge in [0.15, 0.2) is 11.0 Å². The van der Waals surface area contributed by atoms with Crippen molar-refractivity contribution >= 4 is 17.7 Å². The zero-order valence-electron chi connectivity index (χ0n) is 15.5. The van der Waals surface area contributed by atoms with E-state index in [4.69, 9.17) is 4.42 Å². The van der Waals surface area contributed by atoms with Crippen LogP contribution in [0.3, 0.4) is 0 Å². The Morgan fingerprint density at radius 1 is 1.15 bits per heavy atom. The number of hydrogen-bond acceptors (Lipinski definition) is 8. The Bertz CT molecular complexity index is 837. The predicted molar refractivity (Wildman–Crippen MR) is 102 cm³/mol. The van der Waals surface area contributed by atoms with Crippen LogP contribution < -0.4 is 4.90 Å². The van der Waals surface area contributed by atoms with E-state index in [9.17, 15) is 0 Å². The lowest BCUT2D eigenvalue weighted by molar-refractivity contribution is 0.479. The van der Waals surface area contributed by atoms with Crippen molar-refractivity contribution in [3.05, 3.63) is 30.0 Å². The molecule has 0 unspecified atom stereocenters. The van der Waals surface area contributed by atoms with Gasteiger partial charge in [-0.3, -0.25) is 4.57 Å². The minimum atomic E-state index is 0.619. The number of tetrazole rings is 1. The monoisotopic (exact) mass is 388 g/mol. The van der Waals surface area contributed by atoms with Crippen LogP contribution in [0.5, 0.6) is 0 Å². The van der Waals surface area contributed by atoms with Crippen LogP contribution in [0.4, 0.5) is 5.95 Å². The van der Waals surface area contributed by atoms with Crippen LogP contribution in [0.2, 0.25) is 0 Å². The SMILES string of the molecule is CCCn1nnnc1CSc1nnc(N2CCCCC2)n1Cc1ccco1. The fourth-order valence-corrected chi connectivity index (χ4v) is 4.12. The van der Waals surface area contributed by atoms with Crippen LogP contribution in [0.15, 0.2) is 28.0 Å². The van der Waals surface area contributed by atoms with Gasteiger partial charge in [0.2, 0.25) is 5.95 Å². The molecule has 27 heavy (non-hydrogen) atoms. The van der Waals surface area contributed by atoms with Gasteiger partial charge in [-0.2, -0.15) is 0 Å². The standard InChI is InChI=1S/C17H24N8OS/c1-2-8-25-15(18-21-22-25)13-27-17-20-19-16(23-9-4-3-5-10-23)24(17)12-14-7-6-11-26-14/h6-7,11H,2-5,8-10,12-13H2,1H3. The van der Waals surface area contributed by atoms with Gasteiger partial charge in [-0.1, -0.05) is 18.7 Å². The molecule has 0 N–H and O–H groups in total. The summed E-state index contributed by atoms with van der Waals surface area (Å²) < 4.78 is 9.56. The summed E-state index contributed by atoms with van der Waals surface area (Å²) in [5.41, 5.74) is 0. The average molecular weight is 389 g/mol. The van der Waals surface area contributed by atoms with Gasteiger partial charge in [0.25, 0.3) is 0 Å². The summed E-state index contributed by atoms with van der Waals surface area (Å²) in [5.74, 6) is 3.32. The van der Waals surface area contributed by atoms with Gasteiger partial charge in [-0.05, 0) is 48.2 Å². The van der Waals surface area contributed by atoms with Gasteiger partial charge >= 0.3 is 0 Å². The molecule has 0 radical (unpaired) electrons. The molecule has 1 aliphatic heterocycles. The van der Waals surface area contributed by atoms with Gasteiger partial charge in [-0.25, -0.2) is 4.68 Å². The first-order valence-corrected chi connectivity index (χ1v) is 10.4. The second-order valence-electron chi connectivity index (χ2n) is 6.60. The zero-order valence-corrected chi connectivity index (χ0v) is 16.3. The van der Waals surface area contributed by atoms with E-state index in [0.29, 0.717) is 12.3 Å². The minimum absolute atomic E-state index is 0.619. The normalized spacial score (nSPS) is 14.8. The van der Waals surface area contributed by atoms with Crippen LogP contribution in [0, 0.1) is 0 Å². The van der Waals surface area contributed by atoms with Gasteiger partial charge in [0, 0.05) is 19.6 Å². The maximum absolute atomic E-state index is 5.56. The molecule has 1 saturated heterocycles. The molecule has 9 nitrogen and oxygen atoms in total. The highest BCUT2D eigenvalue weighted by Gasteiger charge is 2.21. The molecule has 1 fully saturated rings. The molecule has 0 atom stereocenters. The van der Waals surface area contributed by atoms with Gasteiger partial charge in [-0.15, -0.1) is 15.3 Å². The smallest absolute Gasteiger partial charge is 0.228 e. The first-order chi connectivity index (χ1) is 13.3. The van der Waals surface area contributed by atoms with Crippen LogP contribution in [0.1, 0.15) is 44.2 Å². The Kier molecular flexibility index (Phi) is 5.71.